The lowest BCUT2D eigenvalue weighted by Gasteiger charge is -2.26. The van der Waals surface area contributed by atoms with Crippen LogP contribution in [0.4, 0.5) is 0 Å². The Labute approximate surface area is 121 Å². The van der Waals surface area contributed by atoms with Crippen LogP contribution in [0.3, 0.4) is 0 Å². The van der Waals surface area contributed by atoms with E-state index in [1.54, 1.807) is 0 Å². The number of benzene rings is 1. The van der Waals surface area contributed by atoms with Crippen LogP contribution >= 0.6 is 0 Å². The maximum Gasteiger partial charge on any atom is 0.306 e. The van der Waals surface area contributed by atoms with Gasteiger partial charge in [0.1, 0.15) is 0 Å². The first-order chi connectivity index (χ1) is 9.66. The van der Waals surface area contributed by atoms with Gasteiger partial charge in [0.15, 0.2) is 0 Å². The molecule has 1 aromatic carbocycles. The number of hydrogen-bond acceptors (Lipinski definition) is 2. The summed E-state index contributed by atoms with van der Waals surface area (Å²) < 4.78 is 0. The second-order valence-corrected chi connectivity index (χ2v) is 6.03. The largest absolute Gasteiger partial charge is 0.481 e. The van der Waals surface area contributed by atoms with Crippen molar-refractivity contribution in [3.63, 3.8) is 0 Å². The molecule has 0 aromatic heterocycles. The number of carboxylic acids is 1. The third-order valence-corrected chi connectivity index (χ3v) is 4.45. The Bertz CT molecular complexity index is 410. The minimum Gasteiger partial charge on any atom is -0.481 e. The van der Waals surface area contributed by atoms with Gasteiger partial charge >= 0.3 is 5.97 Å². The molecule has 1 unspecified atom stereocenters. The van der Waals surface area contributed by atoms with Crippen molar-refractivity contribution in [2.75, 3.05) is 13.1 Å². The first-order valence-electron chi connectivity index (χ1n) is 7.65. The van der Waals surface area contributed by atoms with Crippen molar-refractivity contribution in [3.8, 4) is 0 Å². The van der Waals surface area contributed by atoms with E-state index in [1.807, 2.05) is 6.07 Å². The normalized spacial score (nSPS) is 24.2. The van der Waals surface area contributed by atoms with Crippen LogP contribution in [0.5, 0.6) is 0 Å². The van der Waals surface area contributed by atoms with Crippen LogP contribution in [-0.2, 0) is 4.79 Å². The van der Waals surface area contributed by atoms with E-state index < -0.39 is 5.97 Å². The Morgan fingerprint density at radius 1 is 1.25 bits per heavy atom. The van der Waals surface area contributed by atoms with Crippen molar-refractivity contribution in [3.05, 3.63) is 35.9 Å². The number of carbonyl (C=O) groups is 1. The number of aliphatic carboxylic acids is 1. The molecule has 0 aliphatic heterocycles. The second kappa shape index (κ2) is 7.44. The summed E-state index contributed by atoms with van der Waals surface area (Å²) in [5, 5.41) is 12.5. The number of carboxylic acid groups (broad SMARTS) is 1. The Balaban J connectivity index is 1.66. The predicted octanol–water partition coefficient (Wildman–Crippen LogP) is 3.27. The monoisotopic (exact) mass is 275 g/mol. The first-order valence-corrected chi connectivity index (χ1v) is 7.65. The van der Waals surface area contributed by atoms with Gasteiger partial charge in [-0.3, -0.25) is 4.79 Å². The van der Waals surface area contributed by atoms with Gasteiger partial charge in [-0.25, -0.2) is 0 Å². The highest BCUT2D eigenvalue weighted by Gasteiger charge is 2.25. The summed E-state index contributed by atoms with van der Waals surface area (Å²) in [4.78, 5) is 10.9. The third-order valence-electron chi connectivity index (χ3n) is 4.45. The van der Waals surface area contributed by atoms with E-state index in [9.17, 15) is 4.79 Å². The van der Waals surface area contributed by atoms with Crippen LogP contribution in [0.2, 0.25) is 0 Å². The minimum atomic E-state index is -0.617. The van der Waals surface area contributed by atoms with Gasteiger partial charge in [-0.05, 0) is 49.6 Å². The Morgan fingerprint density at radius 3 is 2.50 bits per heavy atom. The smallest absolute Gasteiger partial charge is 0.306 e. The van der Waals surface area contributed by atoms with Gasteiger partial charge in [0.2, 0.25) is 0 Å². The molecule has 1 aromatic rings. The molecular weight excluding hydrogens is 250 g/mol. The van der Waals surface area contributed by atoms with E-state index in [0.717, 1.165) is 38.8 Å². The first kappa shape index (κ1) is 15.0. The van der Waals surface area contributed by atoms with Gasteiger partial charge in [-0.15, -0.1) is 0 Å². The zero-order valence-corrected chi connectivity index (χ0v) is 12.2. The minimum absolute atomic E-state index is 0.102. The lowest BCUT2D eigenvalue weighted by atomic mass is 9.82. The maximum atomic E-state index is 10.9. The topological polar surface area (TPSA) is 49.3 Å². The van der Waals surface area contributed by atoms with Gasteiger partial charge in [-0.2, -0.15) is 0 Å². The summed E-state index contributed by atoms with van der Waals surface area (Å²) in [6.07, 6.45) is 3.78. The molecule has 0 amide bonds. The quantitative estimate of drug-likeness (QED) is 0.837. The van der Waals surface area contributed by atoms with Crippen LogP contribution < -0.4 is 5.32 Å². The maximum absolute atomic E-state index is 10.9. The Morgan fingerprint density at radius 2 is 1.90 bits per heavy atom. The number of hydrogen-bond donors (Lipinski definition) is 2. The van der Waals surface area contributed by atoms with Gasteiger partial charge in [0.25, 0.3) is 0 Å². The molecule has 1 saturated carbocycles. The lowest BCUT2D eigenvalue weighted by Crippen LogP contribution is -2.30. The summed E-state index contributed by atoms with van der Waals surface area (Å²) in [5.74, 6) is 0.448. The molecule has 20 heavy (non-hydrogen) atoms. The van der Waals surface area contributed by atoms with E-state index in [4.69, 9.17) is 5.11 Å². The summed E-state index contributed by atoms with van der Waals surface area (Å²) in [6.45, 7) is 4.25. The van der Waals surface area contributed by atoms with Crippen LogP contribution in [-0.4, -0.2) is 24.2 Å². The highest BCUT2D eigenvalue weighted by Crippen LogP contribution is 2.28. The average Bonchev–Trinajstić information content (AvgIpc) is 2.48. The molecule has 1 aliphatic rings. The zero-order chi connectivity index (χ0) is 14.4. The van der Waals surface area contributed by atoms with Gasteiger partial charge in [-0.1, -0.05) is 37.3 Å². The van der Waals surface area contributed by atoms with E-state index in [1.165, 1.54) is 5.56 Å². The average molecular weight is 275 g/mol. The van der Waals surface area contributed by atoms with Gasteiger partial charge < -0.3 is 10.4 Å². The van der Waals surface area contributed by atoms with Crippen LogP contribution in [0.1, 0.15) is 44.1 Å². The summed E-state index contributed by atoms with van der Waals surface area (Å²) in [5.41, 5.74) is 1.37. The van der Waals surface area contributed by atoms with Crippen molar-refractivity contribution < 1.29 is 9.90 Å². The summed E-state index contributed by atoms with van der Waals surface area (Å²) in [7, 11) is 0. The predicted molar refractivity (Wildman–Crippen MR) is 80.8 cm³/mol. The van der Waals surface area contributed by atoms with Gasteiger partial charge in [0.05, 0.1) is 5.92 Å². The standard InChI is InChI=1S/C17H25NO2/c1-13(15-5-3-2-4-6-15)11-18-12-14-7-9-16(10-8-14)17(19)20/h2-6,13-14,16,18H,7-12H2,1H3,(H,19,20). The van der Waals surface area contributed by atoms with Crippen molar-refractivity contribution >= 4 is 5.97 Å². The molecule has 0 radical (unpaired) electrons. The van der Waals surface area contributed by atoms with E-state index >= 15 is 0 Å². The van der Waals surface area contributed by atoms with E-state index in [2.05, 4.69) is 36.5 Å². The fourth-order valence-electron chi connectivity index (χ4n) is 3.02. The zero-order valence-electron chi connectivity index (χ0n) is 12.2. The molecule has 0 saturated heterocycles. The molecular formula is C17H25NO2. The van der Waals surface area contributed by atoms with E-state index in [0.29, 0.717) is 11.8 Å². The Hall–Kier alpha value is -1.35. The van der Waals surface area contributed by atoms with Crippen molar-refractivity contribution in [2.45, 2.75) is 38.5 Å². The second-order valence-electron chi connectivity index (χ2n) is 6.03. The molecule has 1 fully saturated rings. The SMILES string of the molecule is CC(CNCC1CCC(C(=O)O)CC1)c1ccccc1. The van der Waals surface area contributed by atoms with Crippen LogP contribution in [0, 0.1) is 11.8 Å². The summed E-state index contributed by atoms with van der Waals surface area (Å²) >= 11 is 0. The molecule has 1 atom stereocenters. The molecule has 0 heterocycles. The fourth-order valence-corrected chi connectivity index (χ4v) is 3.02. The molecule has 110 valence electrons. The molecule has 2 N–H and O–H groups in total. The number of rotatable bonds is 6. The molecule has 2 rings (SSSR count). The highest BCUT2D eigenvalue weighted by atomic mass is 16.4. The molecule has 3 nitrogen and oxygen atoms in total. The van der Waals surface area contributed by atoms with Gasteiger partial charge in [0, 0.05) is 6.54 Å². The number of nitrogens with one attached hydrogen (secondary N) is 1. The van der Waals surface area contributed by atoms with Crippen LogP contribution in [0.25, 0.3) is 0 Å². The fraction of sp³-hybridized carbons (Fsp3) is 0.588. The highest BCUT2D eigenvalue weighted by molar-refractivity contribution is 5.69. The molecule has 3 heteroatoms. The third kappa shape index (κ3) is 4.34. The molecule has 1 aliphatic carbocycles. The lowest BCUT2D eigenvalue weighted by molar-refractivity contribution is -0.143. The van der Waals surface area contributed by atoms with Crippen molar-refractivity contribution in [1.29, 1.82) is 0 Å². The van der Waals surface area contributed by atoms with Crippen molar-refractivity contribution in [1.82, 2.24) is 5.32 Å². The summed E-state index contributed by atoms with van der Waals surface area (Å²) in [6, 6.07) is 10.6. The Kier molecular flexibility index (Phi) is 5.60. The van der Waals surface area contributed by atoms with Crippen LogP contribution in [0.15, 0.2) is 30.3 Å². The molecule has 0 spiro atoms. The molecule has 0 bridgehead atoms. The van der Waals surface area contributed by atoms with Crippen molar-refractivity contribution in [2.24, 2.45) is 11.8 Å². The van der Waals surface area contributed by atoms with E-state index in [-0.39, 0.29) is 5.92 Å².